The van der Waals surface area contributed by atoms with Gasteiger partial charge in [0.15, 0.2) is 0 Å². The molecule has 4 nitrogen and oxygen atoms in total. The van der Waals surface area contributed by atoms with Gasteiger partial charge in [0.05, 0.1) is 19.3 Å². The second-order valence-corrected chi connectivity index (χ2v) is 7.31. The second-order valence-electron chi connectivity index (χ2n) is 6.36. The molecule has 2 N–H and O–H groups in total. The number of nitrogens with two attached hydrogens (primary N) is 1. The van der Waals surface area contributed by atoms with Crippen molar-refractivity contribution in [3.63, 3.8) is 0 Å². The van der Waals surface area contributed by atoms with Crippen LogP contribution in [-0.2, 0) is 4.74 Å². The van der Waals surface area contributed by atoms with Gasteiger partial charge in [0.2, 0.25) is 0 Å². The number of thiophene rings is 1. The van der Waals surface area contributed by atoms with E-state index < -0.39 is 0 Å². The molecule has 5 heteroatoms. The number of morpholine rings is 1. The SMILES string of the molecule is Cc1ccsc1C(C(C)N)N1CCC(N2CCOCC2)C1. The Bertz CT molecular complexity index is 456. The van der Waals surface area contributed by atoms with Gasteiger partial charge in [-0.1, -0.05) is 0 Å². The van der Waals surface area contributed by atoms with Gasteiger partial charge in [-0.25, -0.2) is 0 Å². The maximum atomic E-state index is 6.33. The lowest BCUT2D eigenvalue weighted by molar-refractivity contribution is 0.0173. The highest BCUT2D eigenvalue weighted by Crippen LogP contribution is 2.34. The Labute approximate surface area is 131 Å². The third kappa shape index (κ3) is 3.32. The summed E-state index contributed by atoms with van der Waals surface area (Å²) in [5, 5.41) is 2.19. The van der Waals surface area contributed by atoms with Crippen LogP contribution in [0.25, 0.3) is 0 Å². The zero-order valence-electron chi connectivity index (χ0n) is 13.1. The summed E-state index contributed by atoms with van der Waals surface area (Å²) in [7, 11) is 0. The van der Waals surface area contributed by atoms with Crippen molar-refractivity contribution in [2.75, 3.05) is 39.4 Å². The zero-order valence-corrected chi connectivity index (χ0v) is 13.9. The molecule has 3 rings (SSSR count). The highest BCUT2D eigenvalue weighted by molar-refractivity contribution is 7.10. The molecule has 21 heavy (non-hydrogen) atoms. The quantitative estimate of drug-likeness (QED) is 0.922. The van der Waals surface area contributed by atoms with Gasteiger partial charge in [-0.2, -0.15) is 0 Å². The molecule has 0 amide bonds. The standard InChI is InChI=1S/C16H27N3OS/c1-12-4-10-21-16(12)15(13(2)17)19-5-3-14(11-19)18-6-8-20-9-7-18/h4,10,13-15H,3,5-9,11,17H2,1-2H3. The van der Waals surface area contributed by atoms with Crippen molar-refractivity contribution < 1.29 is 4.74 Å². The van der Waals surface area contributed by atoms with Crippen molar-refractivity contribution in [1.82, 2.24) is 9.80 Å². The van der Waals surface area contributed by atoms with Gasteiger partial charge in [0, 0.05) is 43.1 Å². The maximum Gasteiger partial charge on any atom is 0.0594 e. The van der Waals surface area contributed by atoms with E-state index in [0.717, 1.165) is 39.4 Å². The van der Waals surface area contributed by atoms with Crippen molar-refractivity contribution >= 4 is 11.3 Å². The monoisotopic (exact) mass is 309 g/mol. The molecule has 2 fully saturated rings. The van der Waals surface area contributed by atoms with Crippen molar-refractivity contribution in [2.45, 2.75) is 38.4 Å². The van der Waals surface area contributed by atoms with E-state index in [1.807, 2.05) is 11.3 Å². The predicted octanol–water partition coefficient (Wildman–Crippen LogP) is 1.85. The molecule has 1 aromatic heterocycles. The Morgan fingerprint density at radius 3 is 2.71 bits per heavy atom. The van der Waals surface area contributed by atoms with Crippen LogP contribution in [0.2, 0.25) is 0 Å². The average molecular weight is 309 g/mol. The number of aryl methyl sites for hydroxylation is 1. The van der Waals surface area contributed by atoms with E-state index in [9.17, 15) is 0 Å². The Morgan fingerprint density at radius 2 is 2.10 bits per heavy atom. The summed E-state index contributed by atoms with van der Waals surface area (Å²) in [6, 6.07) is 3.43. The summed E-state index contributed by atoms with van der Waals surface area (Å²) in [6.07, 6.45) is 1.26. The first kappa shape index (κ1) is 15.4. The molecule has 2 saturated heterocycles. The van der Waals surface area contributed by atoms with Crippen LogP contribution in [0, 0.1) is 6.92 Å². The van der Waals surface area contributed by atoms with Gasteiger partial charge in [-0.05, 0) is 37.3 Å². The third-order valence-electron chi connectivity index (χ3n) is 4.82. The molecular weight excluding hydrogens is 282 g/mol. The Balaban J connectivity index is 1.69. The van der Waals surface area contributed by atoms with Crippen LogP contribution < -0.4 is 5.73 Å². The van der Waals surface area contributed by atoms with Crippen LogP contribution in [0.3, 0.4) is 0 Å². The lowest BCUT2D eigenvalue weighted by Gasteiger charge is -2.34. The minimum Gasteiger partial charge on any atom is -0.379 e. The predicted molar refractivity (Wildman–Crippen MR) is 87.8 cm³/mol. The molecule has 3 heterocycles. The van der Waals surface area contributed by atoms with Crippen LogP contribution in [0.15, 0.2) is 11.4 Å². The number of rotatable bonds is 4. The topological polar surface area (TPSA) is 41.7 Å². The molecule has 0 bridgehead atoms. The molecule has 0 saturated carbocycles. The number of likely N-dealkylation sites (tertiary alicyclic amines) is 1. The average Bonchev–Trinajstić information content (AvgIpc) is 3.11. The van der Waals surface area contributed by atoms with Gasteiger partial charge in [-0.3, -0.25) is 9.80 Å². The fourth-order valence-corrected chi connectivity index (χ4v) is 4.86. The fourth-order valence-electron chi connectivity index (χ4n) is 3.69. The van der Waals surface area contributed by atoms with Crippen LogP contribution in [0.1, 0.15) is 29.8 Å². The molecule has 3 atom stereocenters. The Morgan fingerprint density at radius 1 is 1.33 bits per heavy atom. The minimum atomic E-state index is 0.172. The highest BCUT2D eigenvalue weighted by Gasteiger charge is 2.35. The minimum absolute atomic E-state index is 0.172. The van der Waals surface area contributed by atoms with Crippen molar-refractivity contribution in [3.8, 4) is 0 Å². The summed E-state index contributed by atoms with van der Waals surface area (Å²) in [5.74, 6) is 0. The van der Waals surface area contributed by atoms with Gasteiger partial charge >= 0.3 is 0 Å². The summed E-state index contributed by atoms with van der Waals surface area (Å²) in [5.41, 5.74) is 7.72. The fraction of sp³-hybridized carbons (Fsp3) is 0.750. The van der Waals surface area contributed by atoms with Gasteiger partial charge in [-0.15, -0.1) is 11.3 Å². The first-order chi connectivity index (χ1) is 10.2. The van der Waals surface area contributed by atoms with E-state index in [0.29, 0.717) is 12.1 Å². The third-order valence-corrected chi connectivity index (χ3v) is 5.91. The maximum absolute atomic E-state index is 6.33. The lowest BCUT2D eigenvalue weighted by Crippen LogP contribution is -2.46. The zero-order chi connectivity index (χ0) is 14.8. The van der Waals surface area contributed by atoms with Gasteiger partial charge < -0.3 is 10.5 Å². The Kier molecular flexibility index (Phi) is 4.96. The van der Waals surface area contributed by atoms with E-state index in [1.54, 1.807) is 0 Å². The van der Waals surface area contributed by atoms with Crippen LogP contribution in [0.4, 0.5) is 0 Å². The van der Waals surface area contributed by atoms with Crippen LogP contribution >= 0.6 is 11.3 Å². The van der Waals surface area contributed by atoms with Gasteiger partial charge in [0.25, 0.3) is 0 Å². The largest absolute Gasteiger partial charge is 0.379 e. The van der Waals surface area contributed by atoms with Crippen molar-refractivity contribution in [3.05, 3.63) is 21.9 Å². The highest BCUT2D eigenvalue weighted by atomic mass is 32.1. The summed E-state index contributed by atoms with van der Waals surface area (Å²) < 4.78 is 5.47. The summed E-state index contributed by atoms with van der Waals surface area (Å²) in [4.78, 5) is 6.65. The first-order valence-electron chi connectivity index (χ1n) is 8.02. The van der Waals surface area contributed by atoms with E-state index in [2.05, 4.69) is 35.1 Å². The molecule has 2 aliphatic rings. The molecule has 1 aromatic rings. The van der Waals surface area contributed by atoms with Crippen molar-refractivity contribution in [2.24, 2.45) is 5.73 Å². The normalized spacial score (nSPS) is 27.9. The first-order valence-corrected chi connectivity index (χ1v) is 8.90. The van der Waals surface area contributed by atoms with Gasteiger partial charge in [0.1, 0.15) is 0 Å². The summed E-state index contributed by atoms with van der Waals surface area (Å²) in [6.45, 7) is 10.6. The van der Waals surface area contributed by atoms with E-state index in [1.165, 1.54) is 16.9 Å². The molecule has 0 aliphatic carbocycles. The molecule has 2 aliphatic heterocycles. The number of nitrogens with zero attached hydrogens (tertiary/aromatic N) is 2. The Hall–Kier alpha value is -0.460. The molecular formula is C16H27N3OS. The van der Waals surface area contributed by atoms with E-state index >= 15 is 0 Å². The summed E-state index contributed by atoms with van der Waals surface area (Å²) >= 11 is 1.85. The lowest BCUT2D eigenvalue weighted by atomic mass is 10.0. The number of hydrogen-bond acceptors (Lipinski definition) is 5. The van der Waals surface area contributed by atoms with E-state index in [4.69, 9.17) is 10.5 Å². The van der Waals surface area contributed by atoms with Crippen LogP contribution in [-0.4, -0.2) is 61.3 Å². The number of ether oxygens (including phenoxy) is 1. The molecule has 0 radical (unpaired) electrons. The second kappa shape index (κ2) is 6.75. The van der Waals surface area contributed by atoms with Crippen LogP contribution in [0.5, 0.6) is 0 Å². The van der Waals surface area contributed by atoms with Crippen molar-refractivity contribution in [1.29, 1.82) is 0 Å². The molecule has 0 aromatic carbocycles. The smallest absolute Gasteiger partial charge is 0.0594 e. The molecule has 0 spiro atoms. The molecule has 118 valence electrons. The molecule has 3 unspecified atom stereocenters. The van der Waals surface area contributed by atoms with E-state index in [-0.39, 0.29) is 6.04 Å². The number of hydrogen-bond donors (Lipinski definition) is 1.